The molecule has 4 fully saturated rings. The van der Waals surface area contributed by atoms with Crippen LogP contribution in [0.15, 0.2) is 85.1 Å². The van der Waals surface area contributed by atoms with Crippen molar-refractivity contribution in [2.45, 2.75) is 76.0 Å². The Bertz CT molecular complexity index is 2680. The van der Waals surface area contributed by atoms with Gasteiger partial charge in [0.2, 0.25) is 23.7 Å². The maximum Gasteiger partial charge on any atom is 0.262 e. The average Bonchev–Trinajstić information content (AvgIpc) is 3.62. The van der Waals surface area contributed by atoms with E-state index < -0.39 is 29.7 Å². The molecule has 384 valence electrons. The highest BCUT2D eigenvalue weighted by Gasteiger charge is 2.45. The fourth-order valence-electron chi connectivity index (χ4n) is 10.2. The highest BCUT2D eigenvalue weighted by molar-refractivity contribution is 6.23. The van der Waals surface area contributed by atoms with Crippen LogP contribution in [0.25, 0.3) is 11.3 Å². The van der Waals surface area contributed by atoms with Gasteiger partial charge < -0.3 is 34.3 Å². The van der Waals surface area contributed by atoms with E-state index >= 15 is 0 Å². The van der Waals surface area contributed by atoms with E-state index in [4.69, 9.17) is 28.7 Å². The number of nitrogens with zero attached hydrogens (tertiary/aromatic N) is 6. The van der Waals surface area contributed by atoms with Gasteiger partial charge in [0.1, 0.15) is 30.8 Å². The number of imide groups is 2. The number of ether oxygens (including phenoxy) is 5. The van der Waals surface area contributed by atoms with Crippen LogP contribution < -0.4 is 25.4 Å². The van der Waals surface area contributed by atoms with Crippen LogP contribution >= 0.6 is 0 Å². The summed E-state index contributed by atoms with van der Waals surface area (Å²) in [4.78, 5) is 80.3. The molecule has 19 heteroatoms. The maximum absolute atomic E-state index is 13.2. The average molecular weight is 998 g/mol. The molecule has 19 nitrogen and oxygen atoms in total. The molecule has 0 spiro atoms. The number of benzene rings is 3. The Morgan fingerprint density at radius 1 is 0.740 bits per heavy atom. The number of likely N-dealkylation sites (tertiary alicyclic amines) is 1. The molecule has 5 aliphatic heterocycles. The summed E-state index contributed by atoms with van der Waals surface area (Å²) in [5.41, 5.74) is 5.06. The van der Waals surface area contributed by atoms with Crippen LogP contribution in [0.2, 0.25) is 0 Å². The fraction of sp³-hybridized carbons (Fsp3) is 0.463. The Morgan fingerprint density at radius 2 is 1.49 bits per heavy atom. The molecular weight excluding hydrogens is 935 g/mol. The molecule has 10 rings (SSSR count). The minimum absolute atomic E-state index is 0.0599. The molecule has 0 radical (unpaired) electrons. The molecule has 6 bridgehead atoms. The Hall–Kier alpha value is -6.61. The largest absolute Gasteiger partial charge is 0.492 e. The minimum atomic E-state index is -1.01. The number of carbonyl (C=O) groups is 5. The third-order valence-electron chi connectivity index (χ3n) is 14.3. The van der Waals surface area contributed by atoms with E-state index in [0.29, 0.717) is 64.4 Å². The summed E-state index contributed by atoms with van der Waals surface area (Å²) in [6.45, 7) is 9.66. The summed E-state index contributed by atoms with van der Waals surface area (Å²) in [5, 5.41) is 8.80. The third-order valence-corrected chi connectivity index (χ3v) is 14.3. The zero-order valence-corrected chi connectivity index (χ0v) is 41.0. The summed E-state index contributed by atoms with van der Waals surface area (Å²) < 4.78 is 30.7. The number of aromatic nitrogens is 2. The molecule has 73 heavy (non-hydrogen) atoms. The normalized spacial score (nSPS) is 22.8. The number of piperidine rings is 2. The van der Waals surface area contributed by atoms with E-state index in [0.717, 1.165) is 110 Å². The van der Waals surface area contributed by atoms with Crippen molar-refractivity contribution in [1.29, 1.82) is 0 Å². The number of anilines is 2. The van der Waals surface area contributed by atoms with Crippen molar-refractivity contribution in [2.24, 2.45) is 0 Å². The van der Waals surface area contributed by atoms with Crippen LogP contribution in [0.1, 0.15) is 70.4 Å². The summed E-state index contributed by atoms with van der Waals surface area (Å²) >= 11 is 0. The number of hydrogen-bond acceptors (Lipinski definition) is 16. The molecule has 3 saturated heterocycles. The Morgan fingerprint density at radius 3 is 2.30 bits per heavy atom. The van der Waals surface area contributed by atoms with E-state index in [2.05, 4.69) is 41.7 Å². The summed E-state index contributed by atoms with van der Waals surface area (Å²) in [6, 6.07) is 19.9. The molecule has 6 heterocycles. The van der Waals surface area contributed by atoms with E-state index in [1.54, 1.807) is 24.4 Å². The van der Waals surface area contributed by atoms with Gasteiger partial charge in [-0.05, 0) is 86.2 Å². The highest BCUT2D eigenvalue weighted by Crippen LogP contribution is 2.32. The van der Waals surface area contributed by atoms with Crippen LogP contribution in [0.5, 0.6) is 11.5 Å². The van der Waals surface area contributed by atoms with Crippen LogP contribution in [-0.4, -0.2) is 169 Å². The lowest BCUT2D eigenvalue weighted by Gasteiger charge is -2.40. The number of piperazine rings is 1. The molecule has 1 aliphatic carbocycles. The lowest BCUT2D eigenvalue weighted by atomic mass is 9.88. The van der Waals surface area contributed by atoms with Gasteiger partial charge in [0.25, 0.3) is 11.8 Å². The number of fused-ring (bicyclic) bond motifs is 8. The zero-order valence-electron chi connectivity index (χ0n) is 41.0. The lowest BCUT2D eigenvalue weighted by Crippen LogP contribution is -2.54. The van der Waals surface area contributed by atoms with Crippen molar-refractivity contribution >= 4 is 41.2 Å². The second kappa shape index (κ2) is 23.5. The Kier molecular flexibility index (Phi) is 16.1. The monoisotopic (exact) mass is 997 g/mol. The first-order chi connectivity index (χ1) is 35.7. The SMILES string of the molecule is O=C1CCC(N2C(=O)c3ccc(OCCN4CCC(O[C@H]5C[C@H](NC(=O)CN6CCN(CCOc7ccc8cc7COC/C=C/COCc7cccc(c7)-c7ccnc(n7)N8)CC6)C5)CC4)cc3C2=O)C(=O)N1. The van der Waals surface area contributed by atoms with Gasteiger partial charge in [0.15, 0.2) is 0 Å². The van der Waals surface area contributed by atoms with Crippen molar-refractivity contribution < 1.29 is 47.7 Å². The van der Waals surface area contributed by atoms with Crippen molar-refractivity contribution in [3.8, 4) is 22.8 Å². The predicted octanol–water partition coefficient (Wildman–Crippen LogP) is 4.10. The van der Waals surface area contributed by atoms with E-state index in [9.17, 15) is 24.0 Å². The smallest absolute Gasteiger partial charge is 0.262 e. The standard InChI is InChI=1S/C54H63N9O10/c64-49-11-9-47(51(66)59-49)63-52(67)44-8-7-42(32-45(44)53(63)68)71-26-22-60-16-13-41(14-17-60)73-43-30-40(31-43)56-50(65)33-62-20-18-61(19-21-62)23-27-72-48-10-6-39-29-38(48)35-70-25-2-1-24-69-34-36-4-3-5-37(28-36)46-12-15-55-54(57-39)58-46/h1-8,10,12,15,28-29,32,40-41,43,47H,9,11,13-14,16-27,30-31,33-35H2,(H,56,65)(H,55,57,58)(H,59,64,66)/b2-1+/t40-,43-,47?. The van der Waals surface area contributed by atoms with Crippen molar-refractivity contribution in [3.05, 3.63) is 107 Å². The van der Waals surface area contributed by atoms with Gasteiger partial charge in [-0.25, -0.2) is 9.97 Å². The quantitative estimate of drug-likeness (QED) is 0.120. The van der Waals surface area contributed by atoms with Crippen LogP contribution in [0.4, 0.5) is 11.6 Å². The van der Waals surface area contributed by atoms with Gasteiger partial charge in [-0.3, -0.25) is 48.9 Å². The van der Waals surface area contributed by atoms with Crippen molar-refractivity contribution in [1.82, 2.24) is 40.2 Å². The topological polar surface area (TPSA) is 206 Å². The van der Waals surface area contributed by atoms with Crippen molar-refractivity contribution in [2.75, 3.05) is 90.6 Å². The summed E-state index contributed by atoms with van der Waals surface area (Å²) in [7, 11) is 0. The predicted molar refractivity (Wildman–Crippen MR) is 268 cm³/mol. The number of carbonyl (C=O) groups excluding carboxylic acids is 5. The molecule has 1 aromatic heterocycles. The zero-order chi connectivity index (χ0) is 50.1. The minimum Gasteiger partial charge on any atom is -0.492 e. The number of hydrogen-bond donors (Lipinski definition) is 3. The lowest BCUT2D eigenvalue weighted by molar-refractivity contribution is -0.136. The van der Waals surface area contributed by atoms with Gasteiger partial charge in [-0.2, -0.15) is 0 Å². The van der Waals surface area contributed by atoms with Crippen LogP contribution in [0.3, 0.4) is 0 Å². The molecule has 5 amide bonds. The van der Waals surface area contributed by atoms with E-state index in [1.165, 1.54) is 0 Å². The number of amides is 5. The first kappa shape index (κ1) is 49.9. The maximum atomic E-state index is 13.2. The van der Waals surface area contributed by atoms with E-state index in [-0.39, 0.29) is 48.1 Å². The molecule has 6 aliphatic rings. The van der Waals surface area contributed by atoms with Crippen LogP contribution in [-0.2, 0) is 41.8 Å². The molecule has 1 atom stereocenters. The van der Waals surface area contributed by atoms with Gasteiger partial charge in [-0.15, -0.1) is 0 Å². The second-order valence-corrected chi connectivity index (χ2v) is 19.4. The molecule has 3 aromatic carbocycles. The first-order valence-corrected chi connectivity index (χ1v) is 25.5. The molecule has 4 aromatic rings. The summed E-state index contributed by atoms with van der Waals surface area (Å²) in [6.07, 6.45) is 9.68. The third kappa shape index (κ3) is 12.8. The highest BCUT2D eigenvalue weighted by atomic mass is 16.5. The van der Waals surface area contributed by atoms with Crippen molar-refractivity contribution in [3.63, 3.8) is 0 Å². The number of nitrogens with one attached hydrogen (secondary N) is 3. The first-order valence-electron chi connectivity index (χ1n) is 25.5. The second-order valence-electron chi connectivity index (χ2n) is 19.4. The van der Waals surface area contributed by atoms with Gasteiger partial charge in [0.05, 0.1) is 62.0 Å². The number of rotatable bonds is 14. The van der Waals surface area contributed by atoms with Gasteiger partial charge in [0, 0.05) is 87.8 Å². The Balaban J connectivity index is 0.594. The summed E-state index contributed by atoms with van der Waals surface area (Å²) in [5.74, 6) is -0.344. The molecule has 1 saturated carbocycles. The molecule has 1 unspecified atom stereocenters. The van der Waals surface area contributed by atoms with E-state index in [1.807, 2.05) is 54.6 Å². The fourth-order valence-corrected chi connectivity index (χ4v) is 10.2. The molecular formula is C54H63N9O10. The van der Waals surface area contributed by atoms with Gasteiger partial charge in [-0.1, -0.05) is 30.4 Å². The van der Waals surface area contributed by atoms with Gasteiger partial charge >= 0.3 is 0 Å². The Labute approximate surface area is 424 Å². The molecule has 3 N–H and O–H groups in total. The van der Waals surface area contributed by atoms with Crippen LogP contribution in [0, 0.1) is 0 Å².